The molecule has 0 fully saturated rings. The average Bonchev–Trinajstić information content (AvgIpc) is 2.20. The fourth-order valence-corrected chi connectivity index (χ4v) is 1.37. The normalized spacial score (nSPS) is 10.3. The van der Waals surface area contributed by atoms with Crippen LogP contribution in [0.15, 0.2) is 29.2 Å². The summed E-state index contributed by atoms with van der Waals surface area (Å²) in [6.45, 7) is 2.05. The van der Waals surface area contributed by atoms with Gasteiger partial charge < -0.3 is 5.73 Å². The number of hydrogen-bond acceptors (Lipinski definition) is 5. The standard InChI is InChI=1S/C10H11N5O/c1-7-5-8(11)14-9(13-7)6-15-10(16)3-2-4-12-15/h2-5H,6H2,1H3,(H2,11,13,14). The molecular weight excluding hydrogens is 206 g/mol. The molecule has 6 heteroatoms. The molecule has 2 aromatic rings. The molecule has 0 aliphatic rings. The minimum atomic E-state index is -0.189. The van der Waals surface area contributed by atoms with E-state index >= 15 is 0 Å². The lowest BCUT2D eigenvalue weighted by Gasteiger charge is -2.04. The molecule has 2 aromatic heterocycles. The van der Waals surface area contributed by atoms with Gasteiger partial charge in [-0.3, -0.25) is 4.79 Å². The predicted octanol–water partition coefficient (Wildman–Crippen LogP) is -0.0278. The van der Waals surface area contributed by atoms with Crippen molar-refractivity contribution in [3.05, 3.63) is 46.3 Å². The lowest BCUT2D eigenvalue weighted by atomic mass is 10.4. The number of anilines is 1. The van der Waals surface area contributed by atoms with Crippen molar-refractivity contribution in [1.82, 2.24) is 19.7 Å². The number of nitrogen functional groups attached to an aromatic ring is 1. The summed E-state index contributed by atoms with van der Waals surface area (Å²) in [5, 5.41) is 3.92. The van der Waals surface area contributed by atoms with Crippen LogP contribution < -0.4 is 11.3 Å². The third kappa shape index (κ3) is 2.22. The highest BCUT2D eigenvalue weighted by atomic mass is 16.1. The maximum atomic E-state index is 11.4. The van der Waals surface area contributed by atoms with Crippen molar-refractivity contribution in [2.45, 2.75) is 13.5 Å². The van der Waals surface area contributed by atoms with Crippen molar-refractivity contribution >= 4 is 5.82 Å². The molecule has 0 spiro atoms. The van der Waals surface area contributed by atoms with E-state index in [1.165, 1.54) is 10.7 Å². The molecule has 6 nitrogen and oxygen atoms in total. The largest absolute Gasteiger partial charge is 0.384 e. The van der Waals surface area contributed by atoms with E-state index < -0.39 is 0 Å². The highest BCUT2D eigenvalue weighted by Gasteiger charge is 2.02. The van der Waals surface area contributed by atoms with E-state index in [1.54, 1.807) is 18.3 Å². The molecular formula is C10H11N5O. The lowest BCUT2D eigenvalue weighted by Crippen LogP contribution is -2.23. The highest BCUT2D eigenvalue weighted by molar-refractivity contribution is 5.29. The van der Waals surface area contributed by atoms with Crippen LogP contribution in [0.3, 0.4) is 0 Å². The molecule has 16 heavy (non-hydrogen) atoms. The monoisotopic (exact) mass is 217 g/mol. The number of aryl methyl sites for hydroxylation is 1. The molecule has 0 aliphatic carbocycles. The van der Waals surface area contributed by atoms with Gasteiger partial charge in [-0.15, -0.1) is 0 Å². The number of nitrogens with two attached hydrogens (primary N) is 1. The van der Waals surface area contributed by atoms with Crippen molar-refractivity contribution in [2.75, 3.05) is 5.73 Å². The van der Waals surface area contributed by atoms with E-state index in [1.807, 2.05) is 6.92 Å². The predicted molar refractivity (Wildman–Crippen MR) is 58.8 cm³/mol. The molecule has 2 N–H and O–H groups in total. The van der Waals surface area contributed by atoms with Gasteiger partial charge in [0.25, 0.3) is 5.56 Å². The van der Waals surface area contributed by atoms with E-state index in [0.29, 0.717) is 11.6 Å². The van der Waals surface area contributed by atoms with Crippen LogP contribution >= 0.6 is 0 Å². The maximum absolute atomic E-state index is 11.4. The van der Waals surface area contributed by atoms with Gasteiger partial charge >= 0.3 is 0 Å². The first-order valence-corrected chi connectivity index (χ1v) is 4.77. The van der Waals surface area contributed by atoms with Crippen molar-refractivity contribution < 1.29 is 0 Å². The van der Waals surface area contributed by atoms with Crippen molar-refractivity contribution in [3.8, 4) is 0 Å². The molecule has 2 heterocycles. The zero-order chi connectivity index (χ0) is 11.5. The minimum Gasteiger partial charge on any atom is -0.384 e. The van der Waals surface area contributed by atoms with Crippen LogP contribution in [0.2, 0.25) is 0 Å². The summed E-state index contributed by atoms with van der Waals surface area (Å²) >= 11 is 0. The highest BCUT2D eigenvalue weighted by Crippen LogP contribution is 2.01. The van der Waals surface area contributed by atoms with Gasteiger partial charge in [0.2, 0.25) is 0 Å². The van der Waals surface area contributed by atoms with Crippen LogP contribution in [0.25, 0.3) is 0 Å². The lowest BCUT2D eigenvalue weighted by molar-refractivity contribution is 0.613. The second-order valence-corrected chi connectivity index (χ2v) is 3.37. The Labute approximate surface area is 91.8 Å². The minimum absolute atomic E-state index is 0.189. The maximum Gasteiger partial charge on any atom is 0.267 e. The Morgan fingerprint density at radius 2 is 2.25 bits per heavy atom. The Bertz CT molecular complexity index is 543. The fraction of sp³-hybridized carbons (Fsp3) is 0.200. The molecule has 0 atom stereocenters. The summed E-state index contributed by atoms with van der Waals surface area (Å²) in [4.78, 5) is 19.6. The zero-order valence-corrected chi connectivity index (χ0v) is 8.79. The zero-order valence-electron chi connectivity index (χ0n) is 8.79. The van der Waals surface area contributed by atoms with E-state index in [9.17, 15) is 4.79 Å². The number of aromatic nitrogens is 4. The second kappa shape index (κ2) is 4.09. The molecule has 0 aliphatic heterocycles. The Morgan fingerprint density at radius 3 is 2.94 bits per heavy atom. The van der Waals surface area contributed by atoms with E-state index in [4.69, 9.17) is 5.73 Å². The van der Waals surface area contributed by atoms with Crippen LogP contribution in [0.5, 0.6) is 0 Å². The topological polar surface area (TPSA) is 86.7 Å². The SMILES string of the molecule is Cc1cc(N)nc(Cn2ncccc2=O)n1. The smallest absolute Gasteiger partial charge is 0.267 e. The summed E-state index contributed by atoms with van der Waals surface area (Å²) in [6, 6.07) is 4.70. The molecule has 0 unspecified atom stereocenters. The fourth-order valence-electron chi connectivity index (χ4n) is 1.37. The average molecular weight is 217 g/mol. The van der Waals surface area contributed by atoms with E-state index in [-0.39, 0.29) is 12.1 Å². The molecule has 0 radical (unpaired) electrons. The second-order valence-electron chi connectivity index (χ2n) is 3.37. The van der Waals surface area contributed by atoms with Crippen LogP contribution in [-0.2, 0) is 6.54 Å². The van der Waals surface area contributed by atoms with Gasteiger partial charge in [0, 0.05) is 24.0 Å². The van der Waals surface area contributed by atoms with Crippen molar-refractivity contribution in [2.24, 2.45) is 0 Å². The van der Waals surface area contributed by atoms with Gasteiger partial charge in [0.05, 0.1) is 0 Å². The Hall–Kier alpha value is -2.24. The first-order chi connectivity index (χ1) is 7.65. The van der Waals surface area contributed by atoms with Crippen LogP contribution in [0.1, 0.15) is 11.5 Å². The van der Waals surface area contributed by atoms with Gasteiger partial charge in [0.15, 0.2) is 5.82 Å². The third-order valence-electron chi connectivity index (χ3n) is 2.00. The molecule has 0 bridgehead atoms. The molecule has 0 amide bonds. The Balaban J connectivity index is 2.34. The third-order valence-corrected chi connectivity index (χ3v) is 2.00. The molecule has 0 saturated heterocycles. The van der Waals surface area contributed by atoms with Crippen molar-refractivity contribution in [1.29, 1.82) is 0 Å². The quantitative estimate of drug-likeness (QED) is 0.763. The summed E-state index contributed by atoms with van der Waals surface area (Å²) in [6.07, 6.45) is 1.54. The molecule has 2 rings (SSSR count). The number of hydrogen-bond donors (Lipinski definition) is 1. The van der Waals surface area contributed by atoms with Gasteiger partial charge in [-0.25, -0.2) is 14.6 Å². The van der Waals surface area contributed by atoms with Gasteiger partial charge in [-0.2, -0.15) is 5.10 Å². The van der Waals surface area contributed by atoms with Crippen LogP contribution in [0, 0.1) is 6.92 Å². The van der Waals surface area contributed by atoms with E-state index in [2.05, 4.69) is 15.1 Å². The first kappa shape index (κ1) is 10.3. The van der Waals surface area contributed by atoms with Gasteiger partial charge in [-0.1, -0.05) is 0 Å². The Morgan fingerprint density at radius 1 is 1.44 bits per heavy atom. The van der Waals surface area contributed by atoms with E-state index in [0.717, 1.165) is 5.69 Å². The van der Waals surface area contributed by atoms with Crippen molar-refractivity contribution in [3.63, 3.8) is 0 Å². The summed E-state index contributed by atoms with van der Waals surface area (Å²) in [7, 11) is 0. The summed E-state index contributed by atoms with van der Waals surface area (Å²) in [5.41, 5.74) is 6.17. The number of rotatable bonds is 2. The molecule has 0 aromatic carbocycles. The molecule has 82 valence electrons. The molecule has 0 saturated carbocycles. The Kier molecular flexibility index (Phi) is 2.63. The van der Waals surface area contributed by atoms with Gasteiger partial charge in [0.1, 0.15) is 12.4 Å². The first-order valence-electron chi connectivity index (χ1n) is 4.77. The van der Waals surface area contributed by atoms with Crippen LogP contribution in [0.4, 0.5) is 5.82 Å². The number of nitrogens with zero attached hydrogens (tertiary/aromatic N) is 4. The summed E-state index contributed by atoms with van der Waals surface area (Å²) in [5.74, 6) is 0.879. The van der Waals surface area contributed by atoms with Crippen LogP contribution in [-0.4, -0.2) is 19.7 Å². The van der Waals surface area contributed by atoms with Gasteiger partial charge in [-0.05, 0) is 13.0 Å². The summed E-state index contributed by atoms with van der Waals surface area (Å²) < 4.78 is 1.29.